The van der Waals surface area contributed by atoms with Crippen LogP contribution >= 0.6 is 15.9 Å². The molecule has 0 atom stereocenters. The minimum atomic E-state index is 0.945. The maximum absolute atomic E-state index is 6.39. The van der Waals surface area contributed by atoms with Gasteiger partial charge in [-0.3, -0.25) is 0 Å². The molecule has 0 radical (unpaired) electrons. The minimum Gasteiger partial charge on any atom is -0.455 e. The van der Waals surface area contributed by atoms with E-state index >= 15 is 0 Å². The Morgan fingerprint density at radius 3 is 2.52 bits per heavy atom. The maximum Gasteiger partial charge on any atom is 0.143 e. The molecule has 0 bridgehead atoms. The third kappa shape index (κ3) is 2.17. The number of furan rings is 1. The van der Waals surface area contributed by atoms with E-state index in [1.165, 1.54) is 44.2 Å². The molecule has 0 spiro atoms. The van der Waals surface area contributed by atoms with Crippen LogP contribution in [0.5, 0.6) is 0 Å². The first-order valence-corrected chi connectivity index (χ1v) is 9.90. The molecule has 2 heteroatoms. The number of hydrogen-bond acceptors (Lipinski definition) is 1. The molecular weight excluding hydrogens is 396 g/mol. The molecular formula is C25H15BrO. The van der Waals surface area contributed by atoms with Crippen LogP contribution < -0.4 is 0 Å². The smallest absolute Gasteiger partial charge is 0.143 e. The fourth-order valence-electron chi connectivity index (χ4n) is 4.40. The largest absolute Gasteiger partial charge is 0.455 e. The van der Waals surface area contributed by atoms with Crippen molar-refractivity contribution in [2.45, 2.75) is 6.42 Å². The van der Waals surface area contributed by atoms with E-state index in [0.29, 0.717) is 0 Å². The fourth-order valence-corrected chi connectivity index (χ4v) is 4.80. The van der Waals surface area contributed by atoms with Gasteiger partial charge in [-0.25, -0.2) is 0 Å². The summed E-state index contributed by atoms with van der Waals surface area (Å²) in [4.78, 5) is 0. The summed E-state index contributed by atoms with van der Waals surface area (Å²) in [5.41, 5.74) is 9.77. The number of rotatable bonds is 1. The molecule has 0 fully saturated rings. The molecule has 1 aliphatic carbocycles. The van der Waals surface area contributed by atoms with Crippen molar-refractivity contribution in [3.63, 3.8) is 0 Å². The molecule has 0 saturated heterocycles. The van der Waals surface area contributed by atoms with Crippen molar-refractivity contribution in [3.05, 3.63) is 94.5 Å². The summed E-state index contributed by atoms with van der Waals surface area (Å²) >= 11 is 3.64. The highest BCUT2D eigenvalue weighted by Gasteiger charge is 2.26. The average molecular weight is 411 g/mol. The van der Waals surface area contributed by atoms with Crippen molar-refractivity contribution in [2.75, 3.05) is 0 Å². The molecule has 27 heavy (non-hydrogen) atoms. The van der Waals surface area contributed by atoms with E-state index in [4.69, 9.17) is 4.42 Å². The predicted molar refractivity (Wildman–Crippen MR) is 115 cm³/mol. The first-order chi connectivity index (χ1) is 13.3. The third-order valence-corrected chi connectivity index (χ3v) is 6.06. The Balaban J connectivity index is 1.81. The summed E-state index contributed by atoms with van der Waals surface area (Å²) in [6.45, 7) is 0. The first-order valence-electron chi connectivity index (χ1n) is 9.11. The zero-order chi connectivity index (χ0) is 18.0. The lowest BCUT2D eigenvalue weighted by Gasteiger charge is -2.11. The standard InChI is InChI=1S/C25H15BrO/c26-17-8-5-7-16(12-17)24-21-13-15-6-1-2-9-18(15)20(21)14-22-19-10-3-4-11-23(19)27-25(22)24/h1-12,14H,13H2. The van der Waals surface area contributed by atoms with Crippen molar-refractivity contribution in [1.82, 2.24) is 0 Å². The summed E-state index contributed by atoms with van der Waals surface area (Å²) in [5, 5.41) is 2.37. The Morgan fingerprint density at radius 1 is 0.741 bits per heavy atom. The molecule has 4 aromatic carbocycles. The number of hydrogen-bond donors (Lipinski definition) is 0. The highest BCUT2D eigenvalue weighted by Crippen LogP contribution is 2.47. The lowest BCUT2D eigenvalue weighted by molar-refractivity contribution is 0.669. The fraction of sp³-hybridized carbons (Fsp3) is 0.0400. The Hall–Kier alpha value is -2.84. The molecule has 0 saturated carbocycles. The quantitative estimate of drug-likeness (QED) is 0.272. The third-order valence-electron chi connectivity index (χ3n) is 5.56. The predicted octanol–water partition coefficient (Wildman–Crippen LogP) is 7.59. The normalized spacial score (nSPS) is 12.5. The lowest BCUT2D eigenvalue weighted by Crippen LogP contribution is -1.89. The zero-order valence-corrected chi connectivity index (χ0v) is 16.1. The van der Waals surface area contributed by atoms with Gasteiger partial charge in [0.15, 0.2) is 0 Å². The number of benzene rings is 4. The van der Waals surface area contributed by atoms with Crippen molar-refractivity contribution < 1.29 is 4.42 Å². The monoisotopic (exact) mass is 410 g/mol. The summed E-state index contributed by atoms with van der Waals surface area (Å²) < 4.78 is 7.47. The van der Waals surface area contributed by atoms with Gasteiger partial charge in [0.1, 0.15) is 11.2 Å². The molecule has 1 aromatic heterocycles. The Kier molecular flexibility index (Phi) is 3.15. The molecule has 1 aliphatic rings. The van der Waals surface area contributed by atoms with Crippen LogP contribution in [0.2, 0.25) is 0 Å². The Labute approximate surface area is 165 Å². The molecule has 1 nitrogen and oxygen atoms in total. The van der Waals surface area contributed by atoms with Crippen LogP contribution in [-0.2, 0) is 6.42 Å². The summed E-state index contributed by atoms with van der Waals surface area (Å²) in [5.74, 6) is 0. The van der Waals surface area contributed by atoms with Crippen LogP contribution in [0.25, 0.3) is 44.2 Å². The van der Waals surface area contributed by atoms with Crippen molar-refractivity contribution in [1.29, 1.82) is 0 Å². The highest BCUT2D eigenvalue weighted by molar-refractivity contribution is 9.10. The average Bonchev–Trinajstić information content (AvgIpc) is 3.24. The van der Waals surface area contributed by atoms with Gasteiger partial charge in [0, 0.05) is 20.8 Å². The topological polar surface area (TPSA) is 13.1 Å². The first kappa shape index (κ1) is 15.2. The van der Waals surface area contributed by atoms with Gasteiger partial charge in [0.05, 0.1) is 0 Å². The lowest BCUT2D eigenvalue weighted by atomic mass is 9.93. The van der Waals surface area contributed by atoms with Gasteiger partial charge in [-0.15, -0.1) is 0 Å². The molecule has 1 heterocycles. The number of fused-ring (bicyclic) bond motifs is 6. The van der Waals surface area contributed by atoms with Crippen LogP contribution in [0.15, 0.2) is 87.8 Å². The molecule has 0 unspecified atom stereocenters. The van der Waals surface area contributed by atoms with Gasteiger partial charge in [-0.05, 0) is 58.5 Å². The van der Waals surface area contributed by atoms with Crippen LogP contribution in [0.4, 0.5) is 0 Å². The van der Waals surface area contributed by atoms with E-state index < -0.39 is 0 Å². The second kappa shape index (κ2) is 5.58. The zero-order valence-electron chi connectivity index (χ0n) is 14.5. The van der Waals surface area contributed by atoms with E-state index in [9.17, 15) is 0 Å². The van der Waals surface area contributed by atoms with Crippen LogP contribution in [0.3, 0.4) is 0 Å². The molecule has 5 aromatic rings. The van der Waals surface area contributed by atoms with Gasteiger partial charge in [-0.1, -0.05) is 70.5 Å². The Bertz CT molecular complexity index is 1360. The Morgan fingerprint density at radius 2 is 1.59 bits per heavy atom. The van der Waals surface area contributed by atoms with E-state index in [1.807, 2.05) is 6.07 Å². The van der Waals surface area contributed by atoms with Crippen LogP contribution in [-0.4, -0.2) is 0 Å². The minimum absolute atomic E-state index is 0.945. The van der Waals surface area contributed by atoms with Crippen molar-refractivity contribution in [2.24, 2.45) is 0 Å². The summed E-state index contributed by atoms with van der Waals surface area (Å²) in [6, 6.07) is 27.9. The second-order valence-electron chi connectivity index (χ2n) is 7.10. The molecule has 0 N–H and O–H groups in total. The maximum atomic E-state index is 6.39. The summed E-state index contributed by atoms with van der Waals surface area (Å²) in [6.07, 6.45) is 0.945. The number of halogens is 1. The molecule has 6 rings (SSSR count). The number of para-hydroxylation sites is 1. The molecule has 128 valence electrons. The van der Waals surface area contributed by atoms with Gasteiger partial charge in [0.2, 0.25) is 0 Å². The van der Waals surface area contributed by atoms with Crippen LogP contribution in [0.1, 0.15) is 11.1 Å². The van der Waals surface area contributed by atoms with E-state index in [0.717, 1.165) is 22.1 Å². The van der Waals surface area contributed by atoms with Gasteiger partial charge in [-0.2, -0.15) is 0 Å². The van der Waals surface area contributed by atoms with Crippen molar-refractivity contribution in [3.8, 4) is 22.3 Å². The van der Waals surface area contributed by atoms with E-state index in [-0.39, 0.29) is 0 Å². The van der Waals surface area contributed by atoms with Gasteiger partial charge in [0.25, 0.3) is 0 Å². The second-order valence-corrected chi connectivity index (χ2v) is 8.01. The van der Waals surface area contributed by atoms with E-state index in [2.05, 4.69) is 88.7 Å². The molecule has 0 amide bonds. The van der Waals surface area contributed by atoms with Crippen molar-refractivity contribution >= 4 is 37.9 Å². The summed E-state index contributed by atoms with van der Waals surface area (Å²) in [7, 11) is 0. The van der Waals surface area contributed by atoms with E-state index in [1.54, 1.807) is 0 Å². The van der Waals surface area contributed by atoms with Crippen LogP contribution in [0, 0.1) is 0 Å². The SMILES string of the molecule is Brc1cccc(-c2c3c(cc4c2oc2ccccc24)-c2ccccc2C3)c1. The van der Waals surface area contributed by atoms with Gasteiger partial charge < -0.3 is 4.42 Å². The van der Waals surface area contributed by atoms with Gasteiger partial charge >= 0.3 is 0 Å². The molecule has 0 aliphatic heterocycles. The highest BCUT2D eigenvalue weighted by atomic mass is 79.9.